The molecule has 0 spiro atoms. The van der Waals surface area contributed by atoms with E-state index in [1.165, 1.54) is 11.8 Å². The first kappa shape index (κ1) is 23.6. The summed E-state index contributed by atoms with van der Waals surface area (Å²) in [7, 11) is 0. The number of benzene rings is 2. The van der Waals surface area contributed by atoms with Gasteiger partial charge in [-0.2, -0.15) is 0 Å². The monoisotopic (exact) mass is 452 g/mol. The first-order chi connectivity index (χ1) is 14.0. The van der Waals surface area contributed by atoms with Gasteiger partial charge >= 0.3 is 0 Å². The minimum Gasteiger partial charge on any atom is -0.354 e. The van der Waals surface area contributed by atoms with Gasteiger partial charge in [-0.15, -0.1) is 11.8 Å². The van der Waals surface area contributed by atoms with Gasteiger partial charge in [0.25, 0.3) is 0 Å². The third kappa shape index (κ3) is 7.25. The van der Waals surface area contributed by atoms with Crippen LogP contribution in [0.4, 0.5) is 0 Å². The first-order valence-electron chi connectivity index (χ1n) is 9.65. The maximum absolute atomic E-state index is 13.1. The van der Waals surface area contributed by atoms with E-state index in [1.807, 2.05) is 50.2 Å². The van der Waals surface area contributed by atoms with Crippen molar-refractivity contribution in [2.45, 2.75) is 44.2 Å². The normalized spacial score (nSPS) is 11.7. The molecule has 2 amide bonds. The van der Waals surface area contributed by atoms with Crippen LogP contribution in [0, 0.1) is 0 Å². The standard InChI is InChI=1S/C22H26Cl2N2O2S/c1-3-12-25-22(28)20(4-2)26(14-16-10-11-18(23)19(24)13-16)21(27)15-29-17-8-6-5-7-9-17/h5-11,13,20H,3-4,12,14-15H2,1-2H3,(H,25,28). The molecule has 0 aliphatic carbocycles. The summed E-state index contributed by atoms with van der Waals surface area (Å²) >= 11 is 13.6. The van der Waals surface area contributed by atoms with Gasteiger partial charge in [0.1, 0.15) is 6.04 Å². The van der Waals surface area contributed by atoms with E-state index in [1.54, 1.807) is 17.0 Å². The first-order valence-corrected chi connectivity index (χ1v) is 11.4. The molecule has 0 saturated carbocycles. The smallest absolute Gasteiger partial charge is 0.242 e. The Labute approximate surface area is 187 Å². The maximum atomic E-state index is 13.1. The minimum absolute atomic E-state index is 0.0941. The number of carbonyl (C=O) groups excluding carboxylic acids is 2. The van der Waals surface area contributed by atoms with Crippen LogP contribution in [0.3, 0.4) is 0 Å². The number of hydrogen-bond donors (Lipinski definition) is 1. The molecule has 2 rings (SSSR count). The predicted octanol–water partition coefficient (Wildman–Crippen LogP) is 5.42. The van der Waals surface area contributed by atoms with Crippen LogP contribution in [0.5, 0.6) is 0 Å². The number of nitrogens with zero attached hydrogens (tertiary/aromatic N) is 1. The lowest BCUT2D eigenvalue weighted by atomic mass is 10.1. The van der Waals surface area contributed by atoms with Gasteiger partial charge in [0, 0.05) is 18.0 Å². The van der Waals surface area contributed by atoms with Crippen LogP contribution in [0.25, 0.3) is 0 Å². The van der Waals surface area contributed by atoms with Crippen LogP contribution in [0.2, 0.25) is 10.0 Å². The second-order valence-corrected chi connectivity index (χ2v) is 8.45. The third-order valence-electron chi connectivity index (χ3n) is 4.38. The minimum atomic E-state index is -0.542. The summed E-state index contributed by atoms with van der Waals surface area (Å²) in [6, 6.07) is 14.5. The van der Waals surface area contributed by atoms with E-state index in [0.717, 1.165) is 16.9 Å². The lowest BCUT2D eigenvalue weighted by molar-refractivity contribution is -0.139. The second kappa shape index (κ2) is 12.1. The van der Waals surface area contributed by atoms with Gasteiger partial charge in [0.2, 0.25) is 11.8 Å². The van der Waals surface area contributed by atoms with Gasteiger partial charge in [-0.1, -0.05) is 61.3 Å². The molecule has 0 aliphatic rings. The predicted molar refractivity (Wildman–Crippen MR) is 122 cm³/mol. The van der Waals surface area contributed by atoms with E-state index >= 15 is 0 Å². The molecule has 0 aliphatic heterocycles. The fourth-order valence-electron chi connectivity index (χ4n) is 2.86. The Balaban J connectivity index is 2.21. The summed E-state index contributed by atoms with van der Waals surface area (Å²) in [5.74, 6) is 0.0268. The Bertz CT molecular complexity index is 818. The molecule has 1 N–H and O–H groups in total. The highest BCUT2D eigenvalue weighted by molar-refractivity contribution is 8.00. The molecule has 1 atom stereocenters. The van der Waals surface area contributed by atoms with Crippen molar-refractivity contribution in [3.8, 4) is 0 Å². The number of nitrogens with one attached hydrogen (secondary N) is 1. The molecule has 29 heavy (non-hydrogen) atoms. The molecule has 0 aromatic heterocycles. The van der Waals surface area contributed by atoms with E-state index in [2.05, 4.69) is 5.32 Å². The number of amides is 2. The fraction of sp³-hybridized carbons (Fsp3) is 0.364. The van der Waals surface area contributed by atoms with Crippen molar-refractivity contribution in [2.75, 3.05) is 12.3 Å². The molecule has 7 heteroatoms. The topological polar surface area (TPSA) is 49.4 Å². The van der Waals surface area contributed by atoms with Gasteiger partial charge in [-0.3, -0.25) is 9.59 Å². The van der Waals surface area contributed by atoms with Gasteiger partial charge in [-0.05, 0) is 42.7 Å². The summed E-state index contributed by atoms with van der Waals surface area (Å²) in [6.07, 6.45) is 1.37. The molecule has 0 heterocycles. The average Bonchev–Trinajstić information content (AvgIpc) is 2.73. The molecule has 4 nitrogen and oxygen atoms in total. The zero-order chi connectivity index (χ0) is 21.2. The number of carbonyl (C=O) groups is 2. The van der Waals surface area contributed by atoms with Crippen molar-refractivity contribution in [2.24, 2.45) is 0 Å². The molecule has 2 aromatic carbocycles. The van der Waals surface area contributed by atoms with Gasteiger partial charge in [-0.25, -0.2) is 0 Å². The fourth-order valence-corrected chi connectivity index (χ4v) is 3.99. The maximum Gasteiger partial charge on any atom is 0.242 e. The van der Waals surface area contributed by atoms with Gasteiger partial charge in [0.15, 0.2) is 0 Å². The summed E-state index contributed by atoms with van der Waals surface area (Å²) in [4.78, 5) is 28.5. The van der Waals surface area contributed by atoms with Crippen molar-refractivity contribution in [1.82, 2.24) is 10.2 Å². The Kier molecular flexibility index (Phi) is 9.85. The Morgan fingerprint density at radius 1 is 1.07 bits per heavy atom. The number of rotatable bonds is 10. The van der Waals surface area contributed by atoms with Crippen LogP contribution < -0.4 is 5.32 Å². The van der Waals surface area contributed by atoms with E-state index < -0.39 is 6.04 Å². The molecular formula is C22H26Cl2N2O2S. The third-order valence-corrected chi connectivity index (χ3v) is 6.11. The lowest BCUT2D eigenvalue weighted by Gasteiger charge is -2.30. The summed E-state index contributed by atoms with van der Waals surface area (Å²) in [5.41, 5.74) is 0.833. The number of hydrogen-bond acceptors (Lipinski definition) is 3. The number of halogens is 2. The lowest BCUT2D eigenvalue weighted by Crippen LogP contribution is -2.49. The Morgan fingerprint density at radius 3 is 2.41 bits per heavy atom. The van der Waals surface area contributed by atoms with E-state index in [-0.39, 0.29) is 17.6 Å². The second-order valence-electron chi connectivity index (χ2n) is 6.59. The molecule has 0 fully saturated rings. The molecular weight excluding hydrogens is 427 g/mol. The van der Waals surface area contributed by atoms with Crippen molar-refractivity contribution in [3.63, 3.8) is 0 Å². The van der Waals surface area contributed by atoms with Crippen molar-refractivity contribution in [3.05, 3.63) is 64.1 Å². The molecule has 0 bridgehead atoms. The van der Waals surface area contributed by atoms with Crippen LogP contribution in [0.1, 0.15) is 32.3 Å². The van der Waals surface area contributed by atoms with E-state index in [0.29, 0.717) is 29.6 Å². The van der Waals surface area contributed by atoms with Crippen LogP contribution >= 0.6 is 35.0 Å². The van der Waals surface area contributed by atoms with Crippen LogP contribution in [-0.2, 0) is 16.1 Å². The zero-order valence-electron chi connectivity index (χ0n) is 16.7. The highest BCUT2D eigenvalue weighted by atomic mass is 35.5. The van der Waals surface area contributed by atoms with Gasteiger partial charge < -0.3 is 10.2 Å². The van der Waals surface area contributed by atoms with E-state index in [4.69, 9.17) is 23.2 Å². The summed E-state index contributed by atoms with van der Waals surface area (Å²) in [5, 5.41) is 3.80. The molecule has 156 valence electrons. The quantitative estimate of drug-likeness (QED) is 0.489. The Hall–Kier alpha value is -1.69. The van der Waals surface area contributed by atoms with Crippen molar-refractivity contribution < 1.29 is 9.59 Å². The SMILES string of the molecule is CCCNC(=O)C(CC)N(Cc1ccc(Cl)c(Cl)c1)C(=O)CSc1ccccc1. The van der Waals surface area contributed by atoms with E-state index in [9.17, 15) is 9.59 Å². The van der Waals surface area contributed by atoms with Gasteiger partial charge in [0.05, 0.1) is 15.8 Å². The van der Waals surface area contributed by atoms with Crippen molar-refractivity contribution >= 4 is 46.8 Å². The Morgan fingerprint density at radius 2 is 1.79 bits per heavy atom. The highest BCUT2D eigenvalue weighted by Crippen LogP contribution is 2.25. The largest absolute Gasteiger partial charge is 0.354 e. The van der Waals surface area contributed by atoms with Crippen molar-refractivity contribution in [1.29, 1.82) is 0 Å². The molecule has 0 radical (unpaired) electrons. The van der Waals surface area contributed by atoms with Crippen LogP contribution in [0.15, 0.2) is 53.4 Å². The highest BCUT2D eigenvalue weighted by Gasteiger charge is 2.28. The molecule has 0 saturated heterocycles. The summed E-state index contributed by atoms with van der Waals surface area (Å²) in [6.45, 7) is 4.79. The number of thioether (sulfide) groups is 1. The summed E-state index contributed by atoms with van der Waals surface area (Å²) < 4.78 is 0. The molecule has 2 aromatic rings. The molecule has 1 unspecified atom stereocenters. The van der Waals surface area contributed by atoms with Crippen LogP contribution in [-0.4, -0.2) is 35.1 Å². The average molecular weight is 453 g/mol. The zero-order valence-corrected chi connectivity index (χ0v) is 19.0.